The van der Waals surface area contributed by atoms with E-state index in [1.807, 2.05) is 0 Å². The molecule has 5 nitrogen and oxygen atoms in total. The molecule has 0 heterocycles. The number of para-hydroxylation sites is 1. The Hall–Kier alpha value is -3.03. The van der Waals surface area contributed by atoms with Gasteiger partial charge in [0, 0.05) is 18.3 Å². The van der Waals surface area contributed by atoms with Gasteiger partial charge in [0.1, 0.15) is 5.75 Å². The van der Waals surface area contributed by atoms with Crippen molar-refractivity contribution >= 4 is 23.2 Å². The predicted octanol–water partition coefficient (Wildman–Crippen LogP) is 3.68. The summed E-state index contributed by atoms with van der Waals surface area (Å²) in [6, 6.07) is 11.0. The number of anilines is 2. The molecule has 0 saturated carbocycles. The van der Waals surface area contributed by atoms with Gasteiger partial charge < -0.3 is 15.4 Å². The molecule has 0 fully saturated rings. The topological polar surface area (TPSA) is 67.4 Å². The van der Waals surface area contributed by atoms with Gasteiger partial charge in [-0.15, -0.1) is 0 Å². The Morgan fingerprint density at radius 1 is 1.00 bits per heavy atom. The van der Waals surface area contributed by atoms with Crippen LogP contribution in [0.25, 0.3) is 0 Å². The summed E-state index contributed by atoms with van der Waals surface area (Å²) >= 11 is 0. The molecule has 0 atom stereocenters. The highest BCUT2D eigenvalue weighted by molar-refractivity contribution is 5.94. The number of carbonyl (C=O) groups is 2. The van der Waals surface area contributed by atoms with Crippen molar-refractivity contribution in [3.8, 4) is 5.75 Å². The zero-order valence-electron chi connectivity index (χ0n) is 13.2. The van der Waals surface area contributed by atoms with Crippen LogP contribution >= 0.6 is 0 Å². The molecule has 2 aromatic carbocycles. The van der Waals surface area contributed by atoms with Gasteiger partial charge in [-0.05, 0) is 30.3 Å². The highest BCUT2D eigenvalue weighted by Crippen LogP contribution is 2.35. The van der Waals surface area contributed by atoms with Crippen molar-refractivity contribution in [2.24, 2.45) is 0 Å². The number of carbonyl (C=O) groups excluding carboxylic acids is 2. The second-order valence-corrected chi connectivity index (χ2v) is 5.09. The highest BCUT2D eigenvalue weighted by atomic mass is 19.4. The summed E-state index contributed by atoms with van der Waals surface area (Å²) in [6.07, 6.45) is -4.57. The minimum Gasteiger partial charge on any atom is -0.483 e. The van der Waals surface area contributed by atoms with Gasteiger partial charge in [-0.2, -0.15) is 13.2 Å². The maximum absolute atomic E-state index is 12.9. The first-order chi connectivity index (χ1) is 11.8. The number of ether oxygens (including phenoxy) is 1. The molecular formula is C17H15F3N2O3. The van der Waals surface area contributed by atoms with Crippen LogP contribution in [0.3, 0.4) is 0 Å². The van der Waals surface area contributed by atoms with Gasteiger partial charge in [0.05, 0.1) is 5.56 Å². The molecule has 0 aromatic heterocycles. The lowest BCUT2D eigenvalue weighted by Crippen LogP contribution is -2.21. The van der Waals surface area contributed by atoms with E-state index in [0.717, 1.165) is 12.1 Å². The van der Waals surface area contributed by atoms with Crippen molar-refractivity contribution < 1.29 is 27.5 Å². The lowest BCUT2D eigenvalue weighted by molar-refractivity contribution is -0.139. The molecular weight excluding hydrogens is 337 g/mol. The Kier molecular flexibility index (Phi) is 5.63. The van der Waals surface area contributed by atoms with Crippen LogP contribution in [0.1, 0.15) is 12.5 Å². The molecule has 0 spiro atoms. The molecule has 2 rings (SSSR count). The minimum absolute atomic E-state index is 0.268. The third-order valence-electron chi connectivity index (χ3n) is 3.02. The first-order valence-corrected chi connectivity index (χ1v) is 7.22. The molecule has 0 saturated heterocycles. The van der Waals surface area contributed by atoms with Crippen molar-refractivity contribution in [3.05, 3.63) is 54.1 Å². The summed E-state index contributed by atoms with van der Waals surface area (Å²) in [4.78, 5) is 22.9. The van der Waals surface area contributed by atoms with E-state index in [2.05, 4.69) is 10.6 Å². The van der Waals surface area contributed by atoms with E-state index in [9.17, 15) is 22.8 Å². The van der Waals surface area contributed by atoms with Gasteiger partial charge >= 0.3 is 6.18 Å². The molecule has 0 bridgehead atoms. The average molecular weight is 352 g/mol. The van der Waals surface area contributed by atoms with Crippen LogP contribution in [0.4, 0.5) is 24.5 Å². The molecule has 0 aliphatic rings. The van der Waals surface area contributed by atoms with Crippen molar-refractivity contribution in [3.63, 3.8) is 0 Å². The monoisotopic (exact) mass is 352 g/mol. The predicted molar refractivity (Wildman–Crippen MR) is 86.3 cm³/mol. The van der Waals surface area contributed by atoms with Gasteiger partial charge in [-0.25, -0.2) is 0 Å². The maximum atomic E-state index is 12.9. The van der Waals surface area contributed by atoms with E-state index in [0.29, 0.717) is 11.4 Å². The Balaban J connectivity index is 1.99. The smallest absolute Gasteiger partial charge is 0.419 e. The summed E-state index contributed by atoms with van der Waals surface area (Å²) in [5, 5.41) is 5.04. The van der Waals surface area contributed by atoms with E-state index in [1.165, 1.54) is 25.1 Å². The fraction of sp³-hybridized carbons (Fsp3) is 0.176. The number of amides is 2. The maximum Gasteiger partial charge on any atom is 0.419 e. The summed E-state index contributed by atoms with van der Waals surface area (Å²) in [5.74, 6) is -1.32. The minimum atomic E-state index is -4.57. The van der Waals surface area contributed by atoms with Crippen LogP contribution in [0.2, 0.25) is 0 Å². The summed E-state index contributed by atoms with van der Waals surface area (Å²) in [6.45, 7) is 0.759. The Morgan fingerprint density at radius 3 is 2.28 bits per heavy atom. The lowest BCUT2D eigenvalue weighted by atomic mass is 10.2. The number of rotatable bonds is 5. The molecule has 0 aliphatic carbocycles. The van der Waals surface area contributed by atoms with Crippen molar-refractivity contribution in [2.75, 3.05) is 17.2 Å². The Bertz CT molecular complexity index is 776. The van der Waals surface area contributed by atoms with Crippen LogP contribution < -0.4 is 15.4 Å². The quantitative estimate of drug-likeness (QED) is 0.863. The number of alkyl halides is 3. The molecule has 0 unspecified atom stereocenters. The SMILES string of the molecule is CC(=O)Nc1cccc(NC(=O)COc2ccccc2C(F)(F)F)c1. The zero-order valence-corrected chi connectivity index (χ0v) is 13.2. The van der Waals surface area contributed by atoms with E-state index in [4.69, 9.17) is 4.74 Å². The molecule has 2 aromatic rings. The number of halogens is 3. The Morgan fingerprint density at radius 2 is 1.64 bits per heavy atom. The number of benzene rings is 2. The van der Waals surface area contributed by atoms with E-state index < -0.39 is 30.0 Å². The van der Waals surface area contributed by atoms with E-state index in [1.54, 1.807) is 18.2 Å². The molecule has 8 heteroatoms. The molecule has 132 valence electrons. The molecule has 0 aliphatic heterocycles. The van der Waals surface area contributed by atoms with Gasteiger partial charge in [-0.1, -0.05) is 18.2 Å². The third kappa shape index (κ3) is 5.52. The molecule has 0 radical (unpaired) electrons. The van der Waals surface area contributed by atoms with Crippen molar-refractivity contribution in [1.82, 2.24) is 0 Å². The first kappa shape index (κ1) is 18.3. The fourth-order valence-corrected chi connectivity index (χ4v) is 2.05. The second-order valence-electron chi connectivity index (χ2n) is 5.09. The van der Waals surface area contributed by atoms with Crippen molar-refractivity contribution in [2.45, 2.75) is 13.1 Å². The van der Waals surface area contributed by atoms with Gasteiger partial charge in [0.2, 0.25) is 5.91 Å². The van der Waals surface area contributed by atoms with Crippen LogP contribution in [0, 0.1) is 0 Å². The third-order valence-corrected chi connectivity index (χ3v) is 3.02. The van der Waals surface area contributed by atoms with Gasteiger partial charge in [-0.3, -0.25) is 9.59 Å². The summed E-state index contributed by atoms with van der Waals surface area (Å²) < 4.78 is 43.6. The lowest BCUT2D eigenvalue weighted by Gasteiger charge is -2.13. The van der Waals surface area contributed by atoms with Crippen LogP contribution in [0.5, 0.6) is 5.75 Å². The molecule has 2 amide bonds. The number of hydrogen-bond acceptors (Lipinski definition) is 3. The Labute approximate surface area is 141 Å². The second kappa shape index (κ2) is 7.69. The van der Waals surface area contributed by atoms with Gasteiger partial charge in [0.15, 0.2) is 6.61 Å². The van der Waals surface area contributed by atoms with E-state index >= 15 is 0 Å². The standard InChI is InChI=1S/C17H15F3N2O3/c1-11(23)21-12-5-4-6-13(9-12)22-16(24)10-25-15-8-3-2-7-14(15)17(18,19)20/h2-9H,10H2,1H3,(H,21,23)(H,22,24). The number of hydrogen-bond donors (Lipinski definition) is 2. The summed E-state index contributed by atoms with van der Waals surface area (Å²) in [5.41, 5.74) is -0.0898. The van der Waals surface area contributed by atoms with Gasteiger partial charge in [0.25, 0.3) is 5.91 Å². The van der Waals surface area contributed by atoms with E-state index in [-0.39, 0.29) is 5.91 Å². The molecule has 25 heavy (non-hydrogen) atoms. The number of nitrogens with one attached hydrogen (secondary N) is 2. The average Bonchev–Trinajstić information content (AvgIpc) is 2.52. The first-order valence-electron chi connectivity index (χ1n) is 7.22. The summed E-state index contributed by atoms with van der Waals surface area (Å²) in [7, 11) is 0. The van der Waals surface area contributed by atoms with Crippen LogP contribution in [-0.4, -0.2) is 18.4 Å². The zero-order chi connectivity index (χ0) is 18.4. The molecule has 2 N–H and O–H groups in total. The largest absolute Gasteiger partial charge is 0.483 e. The fourth-order valence-electron chi connectivity index (χ4n) is 2.05. The van der Waals surface area contributed by atoms with Crippen LogP contribution in [-0.2, 0) is 15.8 Å². The van der Waals surface area contributed by atoms with Crippen LogP contribution in [0.15, 0.2) is 48.5 Å². The normalized spacial score (nSPS) is 10.9. The highest BCUT2D eigenvalue weighted by Gasteiger charge is 2.34. The van der Waals surface area contributed by atoms with Crippen molar-refractivity contribution in [1.29, 1.82) is 0 Å².